The van der Waals surface area contributed by atoms with Crippen molar-refractivity contribution < 1.29 is 8.42 Å². The van der Waals surface area contributed by atoms with Crippen molar-refractivity contribution in [3.8, 4) is 11.4 Å². The summed E-state index contributed by atoms with van der Waals surface area (Å²) in [4.78, 5) is 4.33. The normalized spacial score (nSPS) is 21.6. The van der Waals surface area contributed by atoms with Crippen LogP contribution in [-0.2, 0) is 9.84 Å². The van der Waals surface area contributed by atoms with Crippen molar-refractivity contribution in [3.05, 3.63) is 36.7 Å². The second kappa shape index (κ2) is 4.38. The molecule has 1 fully saturated rings. The van der Waals surface area contributed by atoms with Crippen molar-refractivity contribution in [2.45, 2.75) is 12.5 Å². The Labute approximate surface area is 112 Å². The predicted octanol–water partition coefficient (Wildman–Crippen LogP) is 1.49. The highest BCUT2D eigenvalue weighted by Crippen LogP contribution is 2.29. The number of nitrogens with zero attached hydrogens (tertiary/aromatic N) is 2. The van der Waals surface area contributed by atoms with E-state index in [1.807, 2.05) is 35.0 Å². The third kappa shape index (κ3) is 2.35. The molecule has 0 amide bonds. The van der Waals surface area contributed by atoms with E-state index < -0.39 is 9.84 Å². The number of hydrogen-bond acceptors (Lipinski definition) is 4. The Kier molecular flexibility index (Phi) is 2.82. The standard InChI is InChI=1S/C13H15N3O2S/c14-11-3-1-2-10(8-11)13-15-5-6-16(13)12-4-7-19(17,18)9-12/h1-3,5-6,8,12H,4,7,9,14H2. The van der Waals surface area contributed by atoms with E-state index in [1.54, 1.807) is 6.20 Å². The molecule has 6 heteroatoms. The van der Waals surface area contributed by atoms with Gasteiger partial charge in [-0.05, 0) is 18.6 Å². The lowest BCUT2D eigenvalue weighted by Crippen LogP contribution is -2.11. The molecule has 2 N–H and O–H groups in total. The fourth-order valence-electron chi connectivity index (χ4n) is 2.50. The smallest absolute Gasteiger partial charge is 0.152 e. The van der Waals surface area contributed by atoms with Crippen LogP contribution in [0.25, 0.3) is 11.4 Å². The van der Waals surface area contributed by atoms with Gasteiger partial charge in [0.05, 0.1) is 17.5 Å². The summed E-state index contributed by atoms with van der Waals surface area (Å²) >= 11 is 0. The van der Waals surface area contributed by atoms with Gasteiger partial charge in [0.1, 0.15) is 5.82 Å². The molecule has 1 saturated heterocycles. The van der Waals surface area contributed by atoms with Gasteiger partial charge in [-0.15, -0.1) is 0 Å². The molecule has 19 heavy (non-hydrogen) atoms. The Bertz CT molecular complexity index is 706. The average Bonchev–Trinajstić information content (AvgIpc) is 2.95. The van der Waals surface area contributed by atoms with Crippen molar-refractivity contribution >= 4 is 15.5 Å². The van der Waals surface area contributed by atoms with Crippen LogP contribution in [0, 0.1) is 0 Å². The van der Waals surface area contributed by atoms with Crippen LogP contribution in [0.2, 0.25) is 0 Å². The number of benzene rings is 1. The van der Waals surface area contributed by atoms with Crippen molar-refractivity contribution in [2.24, 2.45) is 0 Å². The third-order valence-electron chi connectivity index (χ3n) is 3.42. The Morgan fingerprint density at radius 3 is 2.89 bits per heavy atom. The lowest BCUT2D eigenvalue weighted by Gasteiger charge is -2.14. The minimum Gasteiger partial charge on any atom is -0.399 e. The van der Waals surface area contributed by atoms with Gasteiger partial charge in [-0.2, -0.15) is 0 Å². The highest BCUT2D eigenvalue weighted by atomic mass is 32.2. The van der Waals surface area contributed by atoms with E-state index in [1.165, 1.54) is 0 Å². The first kappa shape index (κ1) is 12.2. The molecule has 0 bridgehead atoms. The molecule has 3 rings (SSSR count). The van der Waals surface area contributed by atoms with Crippen molar-refractivity contribution in [1.29, 1.82) is 0 Å². The van der Waals surface area contributed by atoms with Crippen LogP contribution in [0.3, 0.4) is 0 Å². The molecular weight excluding hydrogens is 262 g/mol. The minimum atomic E-state index is -2.90. The van der Waals surface area contributed by atoms with Gasteiger partial charge in [-0.3, -0.25) is 0 Å². The van der Waals surface area contributed by atoms with Gasteiger partial charge >= 0.3 is 0 Å². The molecule has 100 valence electrons. The summed E-state index contributed by atoms with van der Waals surface area (Å²) in [7, 11) is -2.90. The zero-order valence-corrected chi connectivity index (χ0v) is 11.2. The highest BCUT2D eigenvalue weighted by molar-refractivity contribution is 7.91. The third-order valence-corrected chi connectivity index (χ3v) is 5.17. The number of rotatable bonds is 2. The second-order valence-corrected chi connectivity index (χ2v) is 7.07. The number of anilines is 1. The van der Waals surface area contributed by atoms with Crippen LogP contribution in [-0.4, -0.2) is 29.5 Å². The summed E-state index contributed by atoms with van der Waals surface area (Å²) < 4.78 is 25.1. The average molecular weight is 277 g/mol. The molecule has 2 aromatic rings. The van der Waals surface area contributed by atoms with Gasteiger partial charge in [-0.1, -0.05) is 12.1 Å². The van der Waals surface area contributed by atoms with E-state index in [0.29, 0.717) is 12.1 Å². The predicted molar refractivity (Wildman–Crippen MR) is 74.4 cm³/mol. The van der Waals surface area contributed by atoms with E-state index in [2.05, 4.69) is 4.98 Å². The summed E-state index contributed by atoms with van der Waals surface area (Å²) in [5.41, 5.74) is 7.36. The quantitative estimate of drug-likeness (QED) is 0.844. The molecule has 2 heterocycles. The van der Waals surface area contributed by atoms with Gasteiger partial charge in [0.15, 0.2) is 9.84 Å². The Morgan fingerprint density at radius 2 is 2.21 bits per heavy atom. The van der Waals surface area contributed by atoms with Crippen LogP contribution in [0.5, 0.6) is 0 Å². The molecule has 1 aliphatic heterocycles. The molecule has 0 spiro atoms. The number of aromatic nitrogens is 2. The molecular formula is C13H15N3O2S. The topological polar surface area (TPSA) is 78.0 Å². The zero-order chi connectivity index (χ0) is 13.5. The van der Waals surface area contributed by atoms with Crippen LogP contribution >= 0.6 is 0 Å². The Morgan fingerprint density at radius 1 is 1.37 bits per heavy atom. The van der Waals surface area contributed by atoms with Crippen LogP contribution in [0.15, 0.2) is 36.7 Å². The molecule has 1 aromatic heterocycles. The van der Waals surface area contributed by atoms with Crippen LogP contribution < -0.4 is 5.73 Å². The van der Waals surface area contributed by atoms with Gasteiger partial charge in [0.25, 0.3) is 0 Å². The number of hydrogen-bond donors (Lipinski definition) is 1. The van der Waals surface area contributed by atoms with E-state index >= 15 is 0 Å². The maximum absolute atomic E-state index is 11.6. The second-order valence-electron chi connectivity index (χ2n) is 4.84. The molecule has 1 aromatic carbocycles. The van der Waals surface area contributed by atoms with E-state index in [-0.39, 0.29) is 17.5 Å². The van der Waals surface area contributed by atoms with E-state index in [4.69, 9.17) is 5.73 Å². The lowest BCUT2D eigenvalue weighted by atomic mass is 10.1. The summed E-state index contributed by atoms with van der Waals surface area (Å²) in [6, 6.07) is 7.44. The summed E-state index contributed by atoms with van der Waals surface area (Å²) in [5.74, 6) is 1.22. The number of sulfone groups is 1. The van der Waals surface area contributed by atoms with Gasteiger partial charge in [-0.25, -0.2) is 13.4 Å². The first-order valence-corrected chi connectivity index (χ1v) is 7.96. The Balaban J connectivity index is 2.00. The van der Waals surface area contributed by atoms with Gasteiger partial charge in [0.2, 0.25) is 0 Å². The van der Waals surface area contributed by atoms with Gasteiger partial charge < -0.3 is 10.3 Å². The molecule has 5 nitrogen and oxygen atoms in total. The lowest BCUT2D eigenvalue weighted by molar-refractivity contribution is 0.560. The molecule has 0 radical (unpaired) electrons. The fourth-order valence-corrected chi connectivity index (χ4v) is 4.22. The molecule has 1 aliphatic rings. The maximum Gasteiger partial charge on any atom is 0.152 e. The van der Waals surface area contributed by atoms with E-state index in [0.717, 1.165) is 11.4 Å². The minimum absolute atomic E-state index is 0.0241. The first-order valence-electron chi connectivity index (χ1n) is 6.14. The zero-order valence-electron chi connectivity index (χ0n) is 10.4. The number of nitrogen functional groups attached to an aromatic ring is 1. The van der Waals surface area contributed by atoms with E-state index in [9.17, 15) is 8.42 Å². The Hall–Kier alpha value is -1.82. The summed E-state index contributed by atoms with van der Waals surface area (Å²) in [6.45, 7) is 0. The molecule has 1 unspecified atom stereocenters. The SMILES string of the molecule is Nc1cccc(-c2nccn2C2CCS(=O)(=O)C2)c1. The largest absolute Gasteiger partial charge is 0.399 e. The molecule has 1 atom stereocenters. The highest BCUT2D eigenvalue weighted by Gasteiger charge is 2.30. The monoisotopic (exact) mass is 277 g/mol. The number of imidazole rings is 1. The maximum atomic E-state index is 11.6. The van der Waals surface area contributed by atoms with Crippen LogP contribution in [0.1, 0.15) is 12.5 Å². The number of nitrogens with two attached hydrogens (primary N) is 1. The van der Waals surface area contributed by atoms with Crippen LogP contribution in [0.4, 0.5) is 5.69 Å². The molecule has 0 saturated carbocycles. The fraction of sp³-hybridized carbons (Fsp3) is 0.308. The summed E-state index contributed by atoms with van der Waals surface area (Å²) in [6.07, 6.45) is 4.18. The van der Waals surface area contributed by atoms with Crippen molar-refractivity contribution in [1.82, 2.24) is 9.55 Å². The first-order chi connectivity index (χ1) is 9.05. The van der Waals surface area contributed by atoms with Crippen molar-refractivity contribution in [3.63, 3.8) is 0 Å². The summed E-state index contributed by atoms with van der Waals surface area (Å²) in [5, 5.41) is 0. The molecule has 0 aliphatic carbocycles. The van der Waals surface area contributed by atoms with Gasteiger partial charge in [0, 0.05) is 23.6 Å². The van der Waals surface area contributed by atoms with Crippen molar-refractivity contribution in [2.75, 3.05) is 17.2 Å².